The summed E-state index contributed by atoms with van der Waals surface area (Å²) < 4.78 is 12.7. The first-order valence-corrected chi connectivity index (χ1v) is 16.2. The van der Waals surface area contributed by atoms with E-state index >= 15 is 0 Å². The zero-order valence-corrected chi connectivity index (χ0v) is 26.1. The van der Waals surface area contributed by atoms with Gasteiger partial charge in [-0.15, -0.1) is 0 Å². The summed E-state index contributed by atoms with van der Waals surface area (Å²) in [7, 11) is 0. The molecule has 0 saturated carbocycles. The highest BCUT2D eigenvalue weighted by atomic mass is 16.3. The fourth-order valence-electron chi connectivity index (χ4n) is 6.48. The van der Waals surface area contributed by atoms with Crippen molar-refractivity contribution in [1.29, 1.82) is 0 Å². The molecule has 48 heavy (non-hydrogen) atoms. The van der Waals surface area contributed by atoms with Gasteiger partial charge in [-0.1, -0.05) is 158 Å². The minimum absolute atomic E-state index is 0.844. The topological polar surface area (TPSA) is 26.3 Å². The highest BCUT2D eigenvalue weighted by Gasteiger charge is 2.13. The lowest BCUT2D eigenvalue weighted by molar-refractivity contribution is 0.627. The molecule has 2 nitrogen and oxygen atoms in total. The molecule has 0 N–H and O–H groups in total. The van der Waals surface area contributed by atoms with E-state index in [4.69, 9.17) is 8.83 Å². The van der Waals surface area contributed by atoms with Gasteiger partial charge in [0.2, 0.25) is 0 Å². The normalized spacial score (nSPS) is 11.3. The average Bonchev–Trinajstić information content (AvgIpc) is 3.78. The minimum atomic E-state index is 0.844. The van der Waals surface area contributed by atoms with Gasteiger partial charge in [-0.05, 0) is 68.8 Å². The van der Waals surface area contributed by atoms with E-state index in [-0.39, 0.29) is 0 Å². The Balaban J connectivity index is 0.925. The van der Waals surface area contributed by atoms with E-state index in [1.807, 2.05) is 12.1 Å². The molecule has 0 aliphatic carbocycles. The zero-order chi connectivity index (χ0) is 31.9. The van der Waals surface area contributed by atoms with Crippen molar-refractivity contribution in [3.05, 3.63) is 182 Å². The summed E-state index contributed by atoms with van der Waals surface area (Å²) in [6, 6.07) is 63.8. The zero-order valence-electron chi connectivity index (χ0n) is 26.1. The van der Waals surface area contributed by atoms with E-state index in [0.717, 1.165) is 44.6 Å². The molecule has 0 amide bonds. The fraction of sp³-hybridized carbons (Fsp3) is 0. The summed E-state index contributed by atoms with van der Waals surface area (Å²) in [5.41, 5.74) is 13.4. The van der Waals surface area contributed by atoms with E-state index < -0.39 is 0 Å². The molecule has 0 aliphatic rings. The first kappa shape index (κ1) is 27.9. The van der Waals surface area contributed by atoms with Crippen molar-refractivity contribution in [2.75, 3.05) is 0 Å². The molecule has 0 aliphatic heterocycles. The third kappa shape index (κ3) is 5.30. The van der Waals surface area contributed by atoms with E-state index in [2.05, 4.69) is 170 Å². The van der Waals surface area contributed by atoms with Gasteiger partial charge < -0.3 is 8.83 Å². The molecule has 0 unspecified atom stereocenters. The van der Waals surface area contributed by atoms with Crippen LogP contribution in [-0.2, 0) is 0 Å². The Morgan fingerprint density at radius 1 is 0.229 bits per heavy atom. The number of fused-ring (bicyclic) bond motifs is 2. The maximum absolute atomic E-state index is 6.35. The van der Waals surface area contributed by atoms with Crippen LogP contribution in [0, 0.1) is 0 Å². The molecule has 0 spiro atoms. The van der Waals surface area contributed by atoms with Crippen molar-refractivity contribution in [2.45, 2.75) is 0 Å². The minimum Gasteiger partial charge on any atom is -0.456 e. The summed E-state index contributed by atoms with van der Waals surface area (Å²) in [5.74, 6) is 1.69. The molecule has 2 aromatic heterocycles. The Hall–Kier alpha value is -6.38. The van der Waals surface area contributed by atoms with Crippen molar-refractivity contribution in [1.82, 2.24) is 0 Å². The summed E-state index contributed by atoms with van der Waals surface area (Å²) in [4.78, 5) is 0. The van der Waals surface area contributed by atoms with E-state index in [1.165, 1.54) is 44.5 Å². The molecule has 0 radical (unpaired) electrons. The van der Waals surface area contributed by atoms with Crippen LogP contribution in [0.4, 0.5) is 0 Å². The van der Waals surface area contributed by atoms with Crippen LogP contribution in [0.5, 0.6) is 0 Å². The Morgan fingerprint density at radius 3 is 0.771 bits per heavy atom. The molecule has 0 bridgehead atoms. The van der Waals surface area contributed by atoms with Gasteiger partial charge in [0.1, 0.15) is 22.7 Å². The molecule has 2 heterocycles. The van der Waals surface area contributed by atoms with Crippen LogP contribution in [0.3, 0.4) is 0 Å². The maximum Gasteiger partial charge on any atom is 0.135 e. The molecule has 7 aromatic carbocycles. The van der Waals surface area contributed by atoms with Crippen molar-refractivity contribution in [3.63, 3.8) is 0 Å². The van der Waals surface area contributed by atoms with Crippen LogP contribution in [0.25, 0.3) is 89.1 Å². The third-order valence-corrected chi connectivity index (χ3v) is 9.14. The first-order chi connectivity index (χ1) is 23.7. The van der Waals surface area contributed by atoms with Crippen LogP contribution in [0.15, 0.2) is 191 Å². The average molecular weight is 615 g/mol. The van der Waals surface area contributed by atoms with Crippen molar-refractivity contribution in [2.24, 2.45) is 0 Å². The van der Waals surface area contributed by atoms with Crippen molar-refractivity contribution < 1.29 is 8.83 Å². The van der Waals surface area contributed by atoms with Crippen molar-refractivity contribution in [3.8, 4) is 67.2 Å². The number of hydrogen-bond acceptors (Lipinski definition) is 2. The van der Waals surface area contributed by atoms with Crippen molar-refractivity contribution >= 4 is 21.9 Å². The van der Waals surface area contributed by atoms with Crippen LogP contribution in [-0.4, -0.2) is 0 Å². The first-order valence-electron chi connectivity index (χ1n) is 16.2. The van der Waals surface area contributed by atoms with Gasteiger partial charge in [-0.25, -0.2) is 0 Å². The van der Waals surface area contributed by atoms with Gasteiger partial charge in [0.25, 0.3) is 0 Å². The standard InChI is InChI=1S/C46H30O2/c1-3-7-31(8-4-1)33-11-15-35(16-12-33)37-19-23-39(24-20-37)43-27-41-29-46-42(30-45(41)47-43)28-44(48-46)40-25-21-38(22-26-40)36-17-13-34(14-18-36)32-9-5-2-6-10-32/h1-30H. The smallest absolute Gasteiger partial charge is 0.135 e. The largest absolute Gasteiger partial charge is 0.456 e. The molecule has 0 fully saturated rings. The van der Waals surface area contributed by atoms with Crippen LogP contribution in [0.2, 0.25) is 0 Å². The van der Waals surface area contributed by atoms with Gasteiger partial charge >= 0.3 is 0 Å². The lowest BCUT2D eigenvalue weighted by Crippen LogP contribution is -1.81. The fourth-order valence-corrected chi connectivity index (χ4v) is 6.48. The summed E-state index contributed by atoms with van der Waals surface area (Å²) in [5, 5.41) is 2.04. The van der Waals surface area contributed by atoms with Crippen LogP contribution < -0.4 is 0 Å². The molecular formula is C46H30O2. The van der Waals surface area contributed by atoms with E-state index in [0.29, 0.717) is 0 Å². The maximum atomic E-state index is 6.35. The summed E-state index contributed by atoms with van der Waals surface area (Å²) in [6.45, 7) is 0. The Kier molecular flexibility index (Phi) is 6.84. The lowest BCUT2D eigenvalue weighted by Gasteiger charge is -2.06. The number of furan rings is 2. The predicted molar refractivity (Wildman–Crippen MR) is 199 cm³/mol. The van der Waals surface area contributed by atoms with Crippen LogP contribution >= 0.6 is 0 Å². The molecule has 0 atom stereocenters. The van der Waals surface area contributed by atoms with Gasteiger partial charge in [0.05, 0.1) is 0 Å². The second-order valence-corrected chi connectivity index (χ2v) is 12.2. The quantitative estimate of drug-likeness (QED) is 0.186. The predicted octanol–water partition coefficient (Wildman–Crippen LogP) is 13.2. The van der Waals surface area contributed by atoms with Gasteiger partial charge in [-0.2, -0.15) is 0 Å². The SMILES string of the molecule is c1ccc(-c2ccc(-c3ccc(-c4cc5cc6oc(-c7ccc(-c8ccc(-c9ccccc9)cc8)cc7)cc6cc5o4)cc3)cc2)cc1. The number of benzene rings is 7. The molecule has 226 valence electrons. The third-order valence-electron chi connectivity index (χ3n) is 9.14. The summed E-state index contributed by atoms with van der Waals surface area (Å²) in [6.07, 6.45) is 0. The second-order valence-electron chi connectivity index (χ2n) is 12.2. The highest BCUT2D eigenvalue weighted by molar-refractivity contribution is 5.97. The molecule has 2 heteroatoms. The molecule has 9 rings (SSSR count). The monoisotopic (exact) mass is 614 g/mol. The van der Waals surface area contributed by atoms with Gasteiger partial charge in [0.15, 0.2) is 0 Å². The Morgan fingerprint density at radius 2 is 0.479 bits per heavy atom. The van der Waals surface area contributed by atoms with E-state index in [1.54, 1.807) is 0 Å². The lowest BCUT2D eigenvalue weighted by atomic mass is 9.99. The second kappa shape index (κ2) is 11.8. The highest BCUT2D eigenvalue weighted by Crippen LogP contribution is 2.36. The van der Waals surface area contributed by atoms with Gasteiger partial charge in [0, 0.05) is 21.9 Å². The Labute approximate surface area is 279 Å². The van der Waals surface area contributed by atoms with Crippen LogP contribution in [0.1, 0.15) is 0 Å². The number of hydrogen-bond donors (Lipinski definition) is 0. The Bertz CT molecular complexity index is 2260. The van der Waals surface area contributed by atoms with E-state index in [9.17, 15) is 0 Å². The number of rotatable bonds is 6. The molecule has 9 aromatic rings. The molecular weight excluding hydrogens is 585 g/mol. The van der Waals surface area contributed by atoms with Gasteiger partial charge in [-0.3, -0.25) is 0 Å². The summed E-state index contributed by atoms with van der Waals surface area (Å²) >= 11 is 0. The molecule has 0 saturated heterocycles.